The van der Waals surface area contributed by atoms with Gasteiger partial charge < -0.3 is 20.1 Å². The van der Waals surface area contributed by atoms with Crippen molar-refractivity contribution >= 4 is 40.9 Å². The van der Waals surface area contributed by atoms with Crippen molar-refractivity contribution in [3.8, 4) is 0 Å². The second-order valence-electron chi connectivity index (χ2n) is 6.84. The lowest BCUT2D eigenvalue weighted by Gasteiger charge is -2.26. The van der Waals surface area contributed by atoms with Gasteiger partial charge in [-0.05, 0) is 24.6 Å². The molecule has 1 aliphatic rings. The van der Waals surface area contributed by atoms with Gasteiger partial charge >= 0.3 is 0 Å². The first-order chi connectivity index (χ1) is 14.0. The molecule has 1 aromatic heterocycles. The summed E-state index contributed by atoms with van der Waals surface area (Å²) >= 11 is 0. The number of oxazole rings is 1. The molecule has 0 bridgehead atoms. The van der Waals surface area contributed by atoms with E-state index < -0.39 is 0 Å². The third-order valence-electron chi connectivity index (χ3n) is 4.53. The van der Waals surface area contributed by atoms with Gasteiger partial charge in [-0.15, -0.1) is 0 Å². The quantitative estimate of drug-likeness (QED) is 0.452. The van der Waals surface area contributed by atoms with Gasteiger partial charge in [-0.3, -0.25) is 14.6 Å². The normalized spacial score (nSPS) is 14.7. The average molecular weight is 396 g/mol. The highest BCUT2D eigenvalue weighted by Crippen LogP contribution is 2.25. The van der Waals surface area contributed by atoms with Crippen LogP contribution in [0, 0.1) is 0 Å². The molecule has 0 unspecified atom stereocenters. The molecular formula is C20H24N6O3. The first-order valence-electron chi connectivity index (χ1n) is 9.30. The van der Waals surface area contributed by atoms with E-state index >= 15 is 0 Å². The van der Waals surface area contributed by atoms with Crippen molar-refractivity contribution in [2.75, 3.05) is 33.7 Å². The number of aromatic nitrogens is 1. The molecule has 0 radical (unpaired) electrons. The molecule has 152 valence electrons. The van der Waals surface area contributed by atoms with Crippen molar-refractivity contribution < 1.29 is 14.0 Å². The first-order valence-corrected chi connectivity index (χ1v) is 9.30. The topological polar surface area (TPSA) is 117 Å². The van der Waals surface area contributed by atoms with E-state index in [1.54, 1.807) is 37.2 Å². The van der Waals surface area contributed by atoms with E-state index in [1.165, 1.54) is 17.3 Å². The molecule has 0 saturated carbocycles. The fraction of sp³-hybridized carbons (Fsp3) is 0.350. The van der Waals surface area contributed by atoms with Crippen LogP contribution >= 0.6 is 0 Å². The number of benzene rings is 1. The number of aliphatic imine (C=N–C) groups is 1. The van der Waals surface area contributed by atoms with E-state index in [9.17, 15) is 9.59 Å². The summed E-state index contributed by atoms with van der Waals surface area (Å²) in [6.45, 7) is 1.47. The number of amides is 2. The molecule has 0 spiro atoms. The number of fused-ring (bicyclic) bond motifs is 1. The number of carbonyl (C=O) groups is 2. The van der Waals surface area contributed by atoms with Crippen LogP contribution in [0.25, 0.3) is 16.7 Å². The molecule has 3 rings (SSSR count). The Morgan fingerprint density at radius 2 is 2.17 bits per heavy atom. The molecule has 9 nitrogen and oxygen atoms in total. The van der Waals surface area contributed by atoms with Crippen molar-refractivity contribution in [1.82, 2.24) is 14.8 Å². The van der Waals surface area contributed by atoms with Crippen LogP contribution in [0.15, 0.2) is 38.8 Å². The number of nitrogens with zero attached hydrogens (tertiary/aromatic N) is 5. The molecule has 0 saturated heterocycles. The first kappa shape index (κ1) is 20.2. The van der Waals surface area contributed by atoms with Gasteiger partial charge in [0.1, 0.15) is 5.52 Å². The summed E-state index contributed by atoms with van der Waals surface area (Å²) in [6, 6.07) is 5.19. The predicted octanol–water partition coefficient (Wildman–Crippen LogP) is 1.55. The van der Waals surface area contributed by atoms with Gasteiger partial charge in [0.25, 0.3) is 5.91 Å². The Bertz CT molecular complexity index is 989. The number of carbonyl (C=O) groups excluding carboxylic acids is 2. The largest absolute Gasteiger partial charge is 0.436 e. The lowest BCUT2D eigenvalue weighted by molar-refractivity contribution is -0.130. The van der Waals surface area contributed by atoms with E-state index in [1.807, 2.05) is 6.08 Å². The fourth-order valence-electron chi connectivity index (χ4n) is 3.05. The van der Waals surface area contributed by atoms with Gasteiger partial charge in [-0.2, -0.15) is 5.10 Å². The highest BCUT2D eigenvalue weighted by Gasteiger charge is 2.22. The van der Waals surface area contributed by atoms with Crippen LogP contribution in [0.5, 0.6) is 0 Å². The highest BCUT2D eigenvalue weighted by molar-refractivity contribution is 6.15. The van der Waals surface area contributed by atoms with E-state index in [0.717, 1.165) is 12.0 Å². The highest BCUT2D eigenvalue weighted by atomic mass is 16.3. The second-order valence-corrected chi connectivity index (χ2v) is 6.84. The minimum atomic E-state index is -0.0921. The van der Waals surface area contributed by atoms with Gasteiger partial charge in [0.15, 0.2) is 5.58 Å². The predicted molar refractivity (Wildman–Crippen MR) is 112 cm³/mol. The summed E-state index contributed by atoms with van der Waals surface area (Å²) < 4.78 is 5.86. The second kappa shape index (κ2) is 9.13. The molecule has 2 aromatic rings. The van der Waals surface area contributed by atoms with E-state index in [4.69, 9.17) is 10.3 Å². The van der Waals surface area contributed by atoms with Crippen LogP contribution < -0.4 is 5.84 Å². The lowest BCUT2D eigenvalue weighted by atomic mass is 10.1. The summed E-state index contributed by atoms with van der Waals surface area (Å²) in [4.78, 5) is 36.5. The zero-order chi connectivity index (χ0) is 20.8. The number of hydrogen-bond donors (Lipinski definition) is 1. The minimum absolute atomic E-state index is 0.0208. The molecule has 2 N–H and O–H groups in total. The molecular weight excluding hydrogens is 372 g/mol. The van der Waals surface area contributed by atoms with E-state index in [-0.39, 0.29) is 11.8 Å². The zero-order valence-corrected chi connectivity index (χ0v) is 16.5. The SMILES string of the molecule is CN(C)C(=O)c1ccc2oc(C3=CCCN(C(=O)CCN=C/C=N\N)C3)nc2c1. The number of rotatable bonds is 6. The van der Waals surface area contributed by atoms with Crippen LogP contribution in [0.1, 0.15) is 29.1 Å². The van der Waals surface area contributed by atoms with E-state index in [0.29, 0.717) is 48.6 Å². The molecule has 0 aliphatic carbocycles. The van der Waals surface area contributed by atoms with Gasteiger partial charge in [-0.1, -0.05) is 6.08 Å². The molecule has 9 heteroatoms. The Morgan fingerprint density at radius 1 is 1.34 bits per heavy atom. The molecule has 1 aliphatic heterocycles. The van der Waals surface area contributed by atoms with Gasteiger partial charge in [0.2, 0.25) is 11.8 Å². The maximum absolute atomic E-state index is 12.4. The Balaban J connectivity index is 1.70. The van der Waals surface area contributed by atoms with E-state index in [2.05, 4.69) is 15.1 Å². The summed E-state index contributed by atoms with van der Waals surface area (Å²) in [7, 11) is 3.41. The Kier molecular flexibility index (Phi) is 6.38. The third kappa shape index (κ3) is 4.87. The Labute approximate surface area is 168 Å². The van der Waals surface area contributed by atoms with Crippen molar-refractivity contribution in [3.63, 3.8) is 0 Å². The fourth-order valence-corrected chi connectivity index (χ4v) is 3.05. The maximum Gasteiger partial charge on any atom is 0.253 e. The summed E-state index contributed by atoms with van der Waals surface area (Å²) in [5, 5.41) is 3.31. The number of nitrogens with two attached hydrogens (primary N) is 1. The molecule has 1 aromatic carbocycles. The Hall–Kier alpha value is -3.49. The van der Waals surface area contributed by atoms with Crippen LogP contribution in [-0.2, 0) is 4.79 Å². The summed E-state index contributed by atoms with van der Waals surface area (Å²) in [5.74, 6) is 5.39. The number of hydrazone groups is 1. The van der Waals surface area contributed by atoms with Crippen LogP contribution in [-0.4, -0.2) is 72.8 Å². The molecule has 0 atom stereocenters. The molecule has 2 heterocycles. The Morgan fingerprint density at radius 3 is 2.93 bits per heavy atom. The molecule has 0 fully saturated rings. The van der Waals surface area contributed by atoms with Crippen molar-refractivity contribution in [1.29, 1.82) is 0 Å². The lowest BCUT2D eigenvalue weighted by Crippen LogP contribution is -2.35. The average Bonchev–Trinajstić information content (AvgIpc) is 3.16. The van der Waals surface area contributed by atoms with Crippen LogP contribution in [0.2, 0.25) is 0 Å². The smallest absolute Gasteiger partial charge is 0.253 e. The van der Waals surface area contributed by atoms with Gasteiger partial charge in [0.05, 0.1) is 12.8 Å². The summed E-state index contributed by atoms with van der Waals surface area (Å²) in [5.41, 5.74) is 2.64. The minimum Gasteiger partial charge on any atom is -0.436 e. The molecule has 29 heavy (non-hydrogen) atoms. The van der Waals surface area contributed by atoms with Crippen molar-refractivity contribution in [3.05, 3.63) is 35.7 Å². The van der Waals surface area contributed by atoms with Gasteiger partial charge in [-0.25, -0.2) is 4.98 Å². The monoisotopic (exact) mass is 396 g/mol. The zero-order valence-electron chi connectivity index (χ0n) is 16.5. The van der Waals surface area contributed by atoms with Gasteiger partial charge in [0, 0.05) is 51.0 Å². The van der Waals surface area contributed by atoms with Crippen LogP contribution in [0.3, 0.4) is 0 Å². The van der Waals surface area contributed by atoms with Crippen molar-refractivity contribution in [2.24, 2.45) is 15.9 Å². The standard InChI is InChI=1S/C20H24N6O3/c1-25(2)20(28)14-5-6-17-16(12-14)24-19(29-17)15-4-3-11-26(13-15)18(27)7-8-22-9-10-23-21/h4-6,9-10,12H,3,7-8,11,13,21H2,1-2H3/b22-9?,23-10-. The van der Waals surface area contributed by atoms with Crippen LogP contribution in [0.4, 0.5) is 0 Å². The molecule has 2 amide bonds. The third-order valence-corrected chi connectivity index (χ3v) is 4.53. The van der Waals surface area contributed by atoms with Crippen molar-refractivity contribution in [2.45, 2.75) is 12.8 Å². The maximum atomic E-state index is 12.4. The number of hydrogen-bond acceptors (Lipinski definition) is 7. The summed E-state index contributed by atoms with van der Waals surface area (Å²) in [6.07, 6.45) is 5.93.